The summed E-state index contributed by atoms with van der Waals surface area (Å²) in [6.07, 6.45) is 2.05. The van der Waals surface area contributed by atoms with Crippen molar-refractivity contribution in [1.29, 1.82) is 0 Å². The average molecular weight is 251 g/mol. The normalized spacial score (nSPS) is 18.8. The third-order valence-electron chi connectivity index (χ3n) is 3.01. The summed E-state index contributed by atoms with van der Waals surface area (Å²) in [5, 5.41) is 11.9. The summed E-state index contributed by atoms with van der Waals surface area (Å²) in [5.74, 6) is -0.0440. The number of nitrogens with zero attached hydrogens (tertiary/aromatic N) is 1. The Morgan fingerprint density at radius 3 is 3.11 bits per heavy atom. The van der Waals surface area contributed by atoms with Gasteiger partial charge in [0.05, 0.1) is 5.69 Å². The first-order chi connectivity index (χ1) is 8.66. The molecule has 6 heteroatoms. The van der Waals surface area contributed by atoms with E-state index < -0.39 is 5.97 Å². The number of rotatable bonds is 5. The molecular formula is C12H17N3O3. The maximum Gasteiger partial charge on any atom is 0.354 e. The van der Waals surface area contributed by atoms with Gasteiger partial charge in [-0.15, -0.1) is 0 Å². The number of nitrogens with two attached hydrogens (primary N) is 1. The molecule has 0 bridgehead atoms. The second-order valence-corrected chi connectivity index (χ2v) is 4.38. The quantitative estimate of drug-likeness (QED) is 0.727. The van der Waals surface area contributed by atoms with E-state index in [4.69, 9.17) is 15.6 Å². The molecule has 0 spiro atoms. The van der Waals surface area contributed by atoms with Crippen LogP contribution in [0.2, 0.25) is 0 Å². The van der Waals surface area contributed by atoms with Gasteiger partial charge in [0.2, 0.25) is 0 Å². The molecule has 1 aromatic rings. The molecule has 0 aromatic carbocycles. The molecule has 2 rings (SSSR count). The lowest BCUT2D eigenvalue weighted by molar-refractivity contribution is 0.0690. The van der Waals surface area contributed by atoms with Gasteiger partial charge in [-0.3, -0.25) is 0 Å². The van der Waals surface area contributed by atoms with Gasteiger partial charge in [-0.2, -0.15) is 0 Å². The van der Waals surface area contributed by atoms with Crippen LogP contribution in [0, 0.1) is 5.92 Å². The number of nitrogens with one attached hydrogen (secondary N) is 1. The monoisotopic (exact) mass is 251 g/mol. The lowest BCUT2D eigenvalue weighted by Crippen LogP contribution is -2.12. The summed E-state index contributed by atoms with van der Waals surface area (Å²) in [5.41, 5.74) is 6.20. The first-order valence-corrected chi connectivity index (χ1v) is 5.98. The molecule has 98 valence electrons. The Morgan fingerprint density at radius 1 is 1.61 bits per heavy atom. The molecular weight excluding hydrogens is 234 g/mol. The number of aromatic carboxylic acids is 1. The van der Waals surface area contributed by atoms with Gasteiger partial charge >= 0.3 is 5.97 Å². The van der Waals surface area contributed by atoms with Crippen molar-refractivity contribution in [3.05, 3.63) is 17.8 Å². The molecule has 18 heavy (non-hydrogen) atoms. The molecule has 1 aromatic heterocycles. The summed E-state index contributed by atoms with van der Waals surface area (Å²) in [6, 6.07) is 2.95. The minimum absolute atomic E-state index is 0.00380. The van der Waals surface area contributed by atoms with Crippen LogP contribution in [0.15, 0.2) is 12.1 Å². The van der Waals surface area contributed by atoms with Gasteiger partial charge in [0, 0.05) is 19.8 Å². The summed E-state index contributed by atoms with van der Waals surface area (Å²) >= 11 is 0. The van der Waals surface area contributed by atoms with Crippen molar-refractivity contribution >= 4 is 17.5 Å². The zero-order valence-electron chi connectivity index (χ0n) is 10.1. The molecule has 0 radical (unpaired) electrons. The van der Waals surface area contributed by atoms with E-state index in [1.165, 1.54) is 6.07 Å². The number of carboxylic acids is 1. The van der Waals surface area contributed by atoms with E-state index in [2.05, 4.69) is 10.3 Å². The SMILES string of the molecule is Nc1ccc(C(=O)O)nc1NCCC1CCOC1. The number of anilines is 2. The summed E-state index contributed by atoms with van der Waals surface area (Å²) in [7, 11) is 0. The van der Waals surface area contributed by atoms with E-state index in [-0.39, 0.29) is 5.69 Å². The highest BCUT2D eigenvalue weighted by Crippen LogP contribution is 2.19. The van der Waals surface area contributed by atoms with Gasteiger partial charge in [-0.05, 0) is 30.9 Å². The second kappa shape index (κ2) is 5.68. The molecule has 1 aliphatic rings. The van der Waals surface area contributed by atoms with Gasteiger partial charge in [0.1, 0.15) is 5.82 Å². The van der Waals surface area contributed by atoms with E-state index in [1.807, 2.05) is 0 Å². The number of pyridine rings is 1. The highest BCUT2D eigenvalue weighted by atomic mass is 16.5. The number of nitrogen functional groups attached to an aromatic ring is 1. The van der Waals surface area contributed by atoms with Crippen molar-refractivity contribution in [1.82, 2.24) is 4.98 Å². The maximum absolute atomic E-state index is 10.8. The smallest absolute Gasteiger partial charge is 0.354 e. The van der Waals surface area contributed by atoms with Crippen molar-refractivity contribution in [2.75, 3.05) is 30.8 Å². The molecule has 1 saturated heterocycles. The van der Waals surface area contributed by atoms with E-state index >= 15 is 0 Å². The van der Waals surface area contributed by atoms with Crippen LogP contribution in [0.25, 0.3) is 0 Å². The van der Waals surface area contributed by atoms with Crippen LogP contribution in [0.1, 0.15) is 23.3 Å². The predicted octanol–water partition coefficient (Wildman–Crippen LogP) is 1.20. The van der Waals surface area contributed by atoms with Crippen molar-refractivity contribution in [3.8, 4) is 0 Å². The van der Waals surface area contributed by atoms with Crippen molar-refractivity contribution in [2.24, 2.45) is 5.92 Å². The summed E-state index contributed by atoms with van der Waals surface area (Å²) in [6.45, 7) is 2.35. The van der Waals surface area contributed by atoms with Crippen molar-refractivity contribution in [3.63, 3.8) is 0 Å². The zero-order chi connectivity index (χ0) is 13.0. The van der Waals surface area contributed by atoms with Crippen LogP contribution in [0.5, 0.6) is 0 Å². The topological polar surface area (TPSA) is 97.5 Å². The Bertz CT molecular complexity index is 431. The van der Waals surface area contributed by atoms with Crippen LogP contribution in [0.3, 0.4) is 0 Å². The van der Waals surface area contributed by atoms with Gasteiger partial charge in [0.25, 0.3) is 0 Å². The second-order valence-electron chi connectivity index (χ2n) is 4.38. The Kier molecular flexibility index (Phi) is 3.99. The molecule has 1 aliphatic heterocycles. The van der Waals surface area contributed by atoms with E-state index in [0.29, 0.717) is 24.0 Å². The van der Waals surface area contributed by atoms with Crippen LogP contribution < -0.4 is 11.1 Å². The fourth-order valence-electron chi connectivity index (χ4n) is 1.94. The minimum Gasteiger partial charge on any atom is -0.477 e. The third-order valence-corrected chi connectivity index (χ3v) is 3.01. The van der Waals surface area contributed by atoms with Gasteiger partial charge in [0.15, 0.2) is 5.69 Å². The molecule has 6 nitrogen and oxygen atoms in total. The van der Waals surface area contributed by atoms with Crippen LogP contribution in [-0.4, -0.2) is 35.8 Å². The first-order valence-electron chi connectivity index (χ1n) is 5.98. The van der Waals surface area contributed by atoms with Crippen LogP contribution >= 0.6 is 0 Å². The molecule has 0 amide bonds. The Morgan fingerprint density at radius 2 is 2.44 bits per heavy atom. The van der Waals surface area contributed by atoms with E-state index in [1.54, 1.807) is 6.07 Å². The number of carboxylic acid groups (broad SMARTS) is 1. The predicted molar refractivity (Wildman–Crippen MR) is 67.6 cm³/mol. The zero-order valence-corrected chi connectivity index (χ0v) is 10.1. The molecule has 1 atom stereocenters. The number of hydrogen-bond acceptors (Lipinski definition) is 5. The Labute approximate surface area is 105 Å². The molecule has 0 aliphatic carbocycles. The molecule has 0 saturated carbocycles. The fourth-order valence-corrected chi connectivity index (χ4v) is 1.94. The highest BCUT2D eigenvalue weighted by molar-refractivity contribution is 5.86. The standard InChI is InChI=1S/C12H17N3O3/c13-9-1-2-10(12(16)17)15-11(9)14-5-3-8-4-6-18-7-8/h1-2,8H,3-7,13H2,(H,14,15)(H,16,17). The Balaban J connectivity index is 1.91. The number of aromatic nitrogens is 1. The van der Waals surface area contributed by atoms with Crippen molar-refractivity contribution in [2.45, 2.75) is 12.8 Å². The summed E-state index contributed by atoms with van der Waals surface area (Å²) < 4.78 is 5.29. The van der Waals surface area contributed by atoms with E-state index in [0.717, 1.165) is 26.1 Å². The molecule has 1 unspecified atom stereocenters. The molecule has 4 N–H and O–H groups in total. The van der Waals surface area contributed by atoms with Gasteiger partial charge < -0.3 is 20.9 Å². The first kappa shape index (κ1) is 12.6. The fraction of sp³-hybridized carbons (Fsp3) is 0.500. The van der Waals surface area contributed by atoms with Crippen molar-refractivity contribution < 1.29 is 14.6 Å². The summed E-state index contributed by atoms with van der Waals surface area (Å²) in [4.78, 5) is 14.8. The third kappa shape index (κ3) is 3.10. The van der Waals surface area contributed by atoms with Gasteiger partial charge in [-0.1, -0.05) is 0 Å². The van der Waals surface area contributed by atoms with Crippen LogP contribution in [0.4, 0.5) is 11.5 Å². The Hall–Kier alpha value is -1.82. The minimum atomic E-state index is -1.05. The number of carbonyl (C=O) groups is 1. The average Bonchev–Trinajstić information content (AvgIpc) is 2.84. The number of ether oxygens (including phenoxy) is 1. The largest absolute Gasteiger partial charge is 0.477 e. The lowest BCUT2D eigenvalue weighted by atomic mass is 10.1. The van der Waals surface area contributed by atoms with Crippen LogP contribution in [-0.2, 0) is 4.74 Å². The number of hydrogen-bond donors (Lipinski definition) is 3. The highest BCUT2D eigenvalue weighted by Gasteiger charge is 2.15. The molecule has 2 heterocycles. The maximum atomic E-state index is 10.8. The molecule has 1 fully saturated rings. The van der Waals surface area contributed by atoms with E-state index in [9.17, 15) is 4.79 Å². The van der Waals surface area contributed by atoms with Gasteiger partial charge in [-0.25, -0.2) is 9.78 Å². The lowest BCUT2D eigenvalue weighted by Gasteiger charge is -2.11.